The summed E-state index contributed by atoms with van der Waals surface area (Å²) >= 11 is 0. The van der Waals surface area contributed by atoms with Crippen molar-refractivity contribution in [1.82, 2.24) is 19.9 Å². The van der Waals surface area contributed by atoms with Gasteiger partial charge in [0.05, 0.1) is 0 Å². The summed E-state index contributed by atoms with van der Waals surface area (Å²) < 4.78 is 12.1. The molecule has 20 heavy (non-hydrogen) atoms. The summed E-state index contributed by atoms with van der Waals surface area (Å²) in [5.74, 6) is 0.733. The van der Waals surface area contributed by atoms with Crippen LogP contribution in [0.15, 0.2) is 36.4 Å². The second-order valence-corrected chi connectivity index (χ2v) is 4.25. The Balaban J connectivity index is 1.57. The van der Waals surface area contributed by atoms with Gasteiger partial charge in [0.1, 0.15) is 25.3 Å². The number of carbonyl (C=O) groups excluding carboxylic acids is 1. The van der Waals surface area contributed by atoms with Crippen LogP contribution >= 0.6 is 0 Å². The quantitative estimate of drug-likeness (QED) is 0.866. The molecule has 1 aliphatic heterocycles. The largest absolute Gasteiger partial charge is 0.494 e. The van der Waals surface area contributed by atoms with Crippen molar-refractivity contribution in [3.8, 4) is 0 Å². The lowest BCUT2D eigenvalue weighted by Crippen LogP contribution is -2.30. The molecule has 0 aromatic carbocycles. The minimum Gasteiger partial charge on any atom is -0.494 e. The van der Waals surface area contributed by atoms with Crippen molar-refractivity contribution in [2.45, 2.75) is 6.42 Å². The van der Waals surface area contributed by atoms with Gasteiger partial charge in [-0.15, -0.1) is 10.2 Å². The van der Waals surface area contributed by atoms with Gasteiger partial charge in [-0.2, -0.15) is 0 Å². The number of rotatable bonds is 4. The normalized spacial score (nSPS) is 14.3. The van der Waals surface area contributed by atoms with E-state index >= 15 is 0 Å². The first-order chi connectivity index (χ1) is 9.84. The van der Waals surface area contributed by atoms with Gasteiger partial charge in [-0.3, -0.25) is 9.20 Å². The number of pyridine rings is 1. The fourth-order valence-corrected chi connectivity index (χ4v) is 1.92. The van der Waals surface area contributed by atoms with Crippen LogP contribution in [0.3, 0.4) is 0 Å². The van der Waals surface area contributed by atoms with Crippen LogP contribution in [0, 0.1) is 0 Å². The Morgan fingerprint density at radius 3 is 3.15 bits per heavy atom. The summed E-state index contributed by atoms with van der Waals surface area (Å²) in [6, 6.07) is 5.70. The van der Waals surface area contributed by atoms with E-state index in [1.807, 2.05) is 28.8 Å². The first-order valence-corrected chi connectivity index (χ1v) is 6.36. The number of carbonyl (C=O) groups is 1. The molecule has 2 aromatic rings. The molecule has 0 bridgehead atoms. The van der Waals surface area contributed by atoms with Crippen molar-refractivity contribution in [3.63, 3.8) is 0 Å². The van der Waals surface area contributed by atoms with E-state index < -0.39 is 0 Å². The minimum atomic E-state index is -0.279. The third-order valence-corrected chi connectivity index (χ3v) is 2.89. The zero-order chi connectivity index (χ0) is 13.8. The lowest BCUT2D eigenvalue weighted by Gasteiger charge is -2.14. The Labute approximate surface area is 115 Å². The van der Waals surface area contributed by atoms with Gasteiger partial charge in [0.2, 0.25) is 5.76 Å². The Morgan fingerprint density at radius 2 is 2.30 bits per heavy atom. The maximum atomic E-state index is 11.8. The van der Waals surface area contributed by atoms with Crippen LogP contribution < -0.4 is 5.32 Å². The molecule has 0 atom stereocenters. The summed E-state index contributed by atoms with van der Waals surface area (Å²) in [6.07, 6.45) is 3.82. The maximum absolute atomic E-state index is 11.8. The van der Waals surface area contributed by atoms with Crippen LogP contribution in [0.2, 0.25) is 0 Å². The highest BCUT2D eigenvalue weighted by molar-refractivity contribution is 5.91. The van der Waals surface area contributed by atoms with Crippen molar-refractivity contribution in [2.75, 3.05) is 19.8 Å². The maximum Gasteiger partial charge on any atom is 0.289 e. The van der Waals surface area contributed by atoms with Crippen LogP contribution in [-0.4, -0.2) is 40.3 Å². The van der Waals surface area contributed by atoms with Crippen molar-refractivity contribution < 1.29 is 14.3 Å². The van der Waals surface area contributed by atoms with E-state index in [4.69, 9.17) is 9.47 Å². The summed E-state index contributed by atoms with van der Waals surface area (Å²) in [5.41, 5.74) is 0.792. The predicted molar refractivity (Wildman–Crippen MR) is 69.7 cm³/mol. The van der Waals surface area contributed by atoms with Crippen LogP contribution in [0.1, 0.15) is 5.82 Å². The molecule has 0 fully saturated rings. The number of ether oxygens (including phenoxy) is 2. The van der Waals surface area contributed by atoms with E-state index in [9.17, 15) is 4.79 Å². The molecule has 0 saturated heterocycles. The molecular weight excluding hydrogens is 260 g/mol. The minimum absolute atomic E-state index is 0.211. The SMILES string of the molecule is O=C(NCCc1nnc2ccccn12)C1=COCCO1. The van der Waals surface area contributed by atoms with Crippen LogP contribution in [0.5, 0.6) is 0 Å². The molecule has 2 aromatic heterocycles. The molecule has 0 radical (unpaired) electrons. The van der Waals surface area contributed by atoms with Gasteiger partial charge in [0, 0.05) is 19.2 Å². The highest BCUT2D eigenvalue weighted by Crippen LogP contribution is 2.05. The van der Waals surface area contributed by atoms with Gasteiger partial charge in [0.15, 0.2) is 5.65 Å². The molecule has 1 aliphatic rings. The third kappa shape index (κ3) is 2.56. The number of aromatic nitrogens is 3. The van der Waals surface area contributed by atoms with Gasteiger partial charge in [0.25, 0.3) is 5.91 Å². The highest BCUT2D eigenvalue weighted by atomic mass is 16.6. The summed E-state index contributed by atoms with van der Waals surface area (Å²) in [6.45, 7) is 1.33. The lowest BCUT2D eigenvalue weighted by molar-refractivity contribution is -0.122. The molecule has 0 spiro atoms. The Kier molecular flexibility index (Phi) is 3.49. The fourth-order valence-electron chi connectivity index (χ4n) is 1.92. The number of nitrogens with zero attached hydrogens (tertiary/aromatic N) is 3. The Morgan fingerprint density at radius 1 is 1.35 bits per heavy atom. The molecular formula is C13H14N4O3. The van der Waals surface area contributed by atoms with Gasteiger partial charge < -0.3 is 14.8 Å². The van der Waals surface area contributed by atoms with E-state index in [1.54, 1.807) is 0 Å². The van der Waals surface area contributed by atoms with E-state index in [0.717, 1.165) is 11.5 Å². The standard InChI is InChI=1S/C13H14N4O3/c18-13(10-9-19-7-8-20-10)14-5-4-12-16-15-11-3-1-2-6-17(11)12/h1-3,6,9H,4-5,7-8H2,(H,14,18). The van der Waals surface area contributed by atoms with Crippen molar-refractivity contribution in [3.05, 3.63) is 42.2 Å². The highest BCUT2D eigenvalue weighted by Gasteiger charge is 2.14. The third-order valence-electron chi connectivity index (χ3n) is 2.89. The van der Waals surface area contributed by atoms with Gasteiger partial charge in [-0.1, -0.05) is 6.07 Å². The van der Waals surface area contributed by atoms with Crippen molar-refractivity contribution in [1.29, 1.82) is 0 Å². The molecule has 3 heterocycles. The summed E-state index contributed by atoms with van der Waals surface area (Å²) in [4.78, 5) is 11.8. The van der Waals surface area contributed by atoms with Gasteiger partial charge in [-0.05, 0) is 12.1 Å². The average Bonchev–Trinajstić information content (AvgIpc) is 2.92. The zero-order valence-electron chi connectivity index (χ0n) is 10.8. The molecule has 0 saturated carbocycles. The average molecular weight is 274 g/mol. The molecule has 1 amide bonds. The summed E-state index contributed by atoms with van der Waals surface area (Å²) in [7, 11) is 0. The van der Waals surface area contributed by atoms with Crippen LogP contribution in [-0.2, 0) is 20.7 Å². The van der Waals surface area contributed by atoms with Crippen molar-refractivity contribution >= 4 is 11.6 Å². The number of amides is 1. The Bertz CT molecular complexity index is 650. The lowest BCUT2D eigenvalue weighted by atomic mass is 10.3. The summed E-state index contributed by atoms with van der Waals surface area (Å²) in [5, 5.41) is 10.9. The van der Waals surface area contributed by atoms with Gasteiger partial charge in [-0.25, -0.2) is 0 Å². The second-order valence-electron chi connectivity index (χ2n) is 4.25. The van der Waals surface area contributed by atoms with E-state index in [2.05, 4.69) is 15.5 Å². The first kappa shape index (κ1) is 12.5. The molecule has 3 rings (SSSR count). The zero-order valence-corrected chi connectivity index (χ0v) is 10.8. The number of fused-ring (bicyclic) bond motifs is 1. The molecule has 7 heteroatoms. The predicted octanol–water partition coefficient (Wildman–Crippen LogP) is 0.276. The first-order valence-electron chi connectivity index (χ1n) is 6.36. The Hall–Kier alpha value is -2.57. The van der Waals surface area contributed by atoms with Crippen molar-refractivity contribution in [2.24, 2.45) is 0 Å². The van der Waals surface area contributed by atoms with Crippen LogP contribution in [0.4, 0.5) is 0 Å². The topological polar surface area (TPSA) is 77.8 Å². The number of hydrogen-bond donors (Lipinski definition) is 1. The number of nitrogens with one attached hydrogen (secondary N) is 1. The molecule has 0 aliphatic carbocycles. The van der Waals surface area contributed by atoms with E-state index in [-0.39, 0.29) is 11.7 Å². The van der Waals surface area contributed by atoms with Crippen LogP contribution in [0.25, 0.3) is 5.65 Å². The molecule has 7 nitrogen and oxygen atoms in total. The van der Waals surface area contributed by atoms with E-state index in [0.29, 0.717) is 26.2 Å². The molecule has 104 valence electrons. The van der Waals surface area contributed by atoms with E-state index in [1.165, 1.54) is 6.26 Å². The van der Waals surface area contributed by atoms with Gasteiger partial charge >= 0.3 is 0 Å². The molecule has 1 N–H and O–H groups in total. The monoisotopic (exact) mass is 274 g/mol. The smallest absolute Gasteiger partial charge is 0.289 e. The number of hydrogen-bond acceptors (Lipinski definition) is 5. The fraction of sp³-hybridized carbons (Fsp3) is 0.308. The second kappa shape index (κ2) is 5.60. The molecule has 0 unspecified atom stereocenters.